The van der Waals surface area contributed by atoms with Gasteiger partial charge < -0.3 is 5.32 Å². The first-order valence-corrected chi connectivity index (χ1v) is 4.83. The lowest BCUT2D eigenvalue weighted by Crippen LogP contribution is -2.27. The van der Waals surface area contributed by atoms with Crippen LogP contribution in [0.25, 0.3) is 0 Å². The van der Waals surface area contributed by atoms with Crippen molar-refractivity contribution in [3.05, 3.63) is 0 Å². The molecule has 0 fully saturated rings. The van der Waals surface area contributed by atoms with E-state index in [2.05, 4.69) is 37.9 Å². The molecule has 0 saturated carbocycles. The van der Waals surface area contributed by atoms with Crippen molar-refractivity contribution < 1.29 is 0 Å². The van der Waals surface area contributed by atoms with Crippen LogP contribution in [0.4, 0.5) is 0 Å². The molecule has 2 atom stereocenters. The van der Waals surface area contributed by atoms with Gasteiger partial charge in [-0.3, -0.25) is 0 Å². The standard InChI is InChI=1S/C11H21N/c1-5-7-8-12-11(4)9-10(3)6-2/h10-12H,6,8-9H2,1-4H3. The van der Waals surface area contributed by atoms with E-state index < -0.39 is 0 Å². The topological polar surface area (TPSA) is 12.0 Å². The summed E-state index contributed by atoms with van der Waals surface area (Å²) in [6, 6.07) is 0.598. The fraction of sp³-hybridized carbons (Fsp3) is 0.818. The van der Waals surface area contributed by atoms with Crippen molar-refractivity contribution in [2.45, 2.75) is 46.6 Å². The van der Waals surface area contributed by atoms with Crippen LogP contribution in [0.3, 0.4) is 0 Å². The summed E-state index contributed by atoms with van der Waals surface area (Å²) in [4.78, 5) is 0. The summed E-state index contributed by atoms with van der Waals surface area (Å²) in [5.41, 5.74) is 0. The number of nitrogens with one attached hydrogen (secondary N) is 1. The lowest BCUT2D eigenvalue weighted by atomic mass is 10.0. The van der Waals surface area contributed by atoms with Gasteiger partial charge in [-0.05, 0) is 26.2 Å². The summed E-state index contributed by atoms with van der Waals surface area (Å²) in [5, 5.41) is 3.38. The highest BCUT2D eigenvalue weighted by Crippen LogP contribution is 2.08. The molecule has 0 amide bonds. The second-order valence-corrected chi connectivity index (χ2v) is 3.46. The van der Waals surface area contributed by atoms with Gasteiger partial charge in [-0.2, -0.15) is 0 Å². The molecule has 0 aliphatic rings. The van der Waals surface area contributed by atoms with Crippen molar-refractivity contribution >= 4 is 0 Å². The predicted molar refractivity (Wildman–Crippen MR) is 55.0 cm³/mol. The molecule has 0 aromatic rings. The van der Waals surface area contributed by atoms with Crippen molar-refractivity contribution in [2.75, 3.05) is 6.54 Å². The van der Waals surface area contributed by atoms with Gasteiger partial charge in [0.05, 0.1) is 6.54 Å². The van der Waals surface area contributed by atoms with E-state index in [4.69, 9.17) is 0 Å². The molecule has 0 radical (unpaired) electrons. The minimum Gasteiger partial charge on any atom is -0.304 e. The van der Waals surface area contributed by atoms with Crippen LogP contribution >= 0.6 is 0 Å². The highest BCUT2D eigenvalue weighted by atomic mass is 14.9. The highest BCUT2D eigenvalue weighted by Gasteiger charge is 2.04. The largest absolute Gasteiger partial charge is 0.304 e. The molecule has 0 aliphatic heterocycles. The lowest BCUT2D eigenvalue weighted by molar-refractivity contribution is 0.425. The fourth-order valence-electron chi connectivity index (χ4n) is 1.17. The molecule has 2 unspecified atom stereocenters. The maximum absolute atomic E-state index is 3.38. The maximum Gasteiger partial charge on any atom is 0.0578 e. The first-order valence-electron chi connectivity index (χ1n) is 4.83. The van der Waals surface area contributed by atoms with E-state index in [9.17, 15) is 0 Å². The summed E-state index contributed by atoms with van der Waals surface area (Å²) in [7, 11) is 0. The van der Waals surface area contributed by atoms with Crippen molar-refractivity contribution in [1.29, 1.82) is 0 Å². The highest BCUT2D eigenvalue weighted by molar-refractivity contribution is 4.97. The molecule has 0 saturated heterocycles. The zero-order valence-electron chi connectivity index (χ0n) is 8.78. The Balaban J connectivity index is 3.43. The molecular formula is C11H21N. The third-order valence-electron chi connectivity index (χ3n) is 2.17. The summed E-state index contributed by atoms with van der Waals surface area (Å²) < 4.78 is 0. The predicted octanol–water partition coefficient (Wildman–Crippen LogP) is 2.42. The van der Waals surface area contributed by atoms with Crippen LogP contribution in [-0.2, 0) is 0 Å². The minimum atomic E-state index is 0.598. The first kappa shape index (κ1) is 11.5. The van der Waals surface area contributed by atoms with Gasteiger partial charge >= 0.3 is 0 Å². The average molecular weight is 167 g/mol. The Kier molecular flexibility index (Phi) is 6.90. The average Bonchev–Trinajstić information content (AvgIpc) is 2.05. The molecule has 0 aromatic carbocycles. The molecule has 0 aromatic heterocycles. The van der Waals surface area contributed by atoms with Crippen molar-refractivity contribution in [3.8, 4) is 11.8 Å². The maximum atomic E-state index is 3.38. The number of hydrogen-bond acceptors (Lipinski definition) is 1. The molecule has 12 heavy (non-hydrogen) atoms. The van der Waals surface area contributed by atoms with Crippen molar-refractivity contribution in [1.82, 2.24) is 5.32 Å². The van der Waals surface area contributed by atoms with E-state index in [0.29, 0.717) is 6.04 Å². The number of rotatable bonds is 5. The van der Waals surface area contributed by atoms with Gasteiger partial charge in [0.15, 0.2) is 0 Å². The van der Waals surface area contributed by atoms with Crippen LogP contribution in [0.15, 0.2) is 0 Å². The quantitative estimate of drug-likeness (QED) is 0.620. The monoisotopic (exact) mass is 167 g/mol. The first-order chi connectivity index (χ1) is 5.70. The molecule has 0 bridgehead atoms. The van der Waals surface area contributed by atoms with Gasteiger partial charge in [-0.1, -0.05) is 26.2 Å². The van der Waals surface area contributed by atoms with Gasteiger partial charge in [0.1, 0.15) is 0 Å². The summed E-state index contributed by atoms with van der Waals surface area (Å²) in [6.45, 7) is 9.46. The zero-order chi connectivity index (χ0) is 9.40. The lowest BCUT2D eigenvalue weighted by Gasteiger charge is -2.15. The Morgan fingerprint density at radius 1 is 1.33 bits per heavy atom. The van der Waals surface area contributed by atoms with Crippen LogP contribution in [-0.4, -0.2) is 12.6 Å². The SMILES string of the molecule is CC#CCNC(C)CC(C)CC. The van der Waals surface area contributed by atoms with E-state index in [0.717, 1.165) is 12.5 Å². The van der Waals surface area contributed by atoms with Gasteiger partial charge in [-0.15, -0.1) is 5.92 Å². The van der Waals surface area contributed by atoms with Gasteiger partial charge in [0.25, 0.3) is 0 Å². The normalized spacial score (nSPS) is 14.7. The van der Waals surface area contributed by atoms with E-state index in [-0.39, 0.29) is 0 Å². The van der Waals surface area contributed by atoms with Crippen LogP contribution in [0.2, 0.25) is 0 Å². The van der Waals surface area contributed by atoms with E-state index in [1.54, 1.807) is 0 Å². The fourth-order valence-corrected chi connectivity index (χ4v) is 1.17. The molecule has 70 valence electrons. The number of hydrogen-bond donors (Lipinski definition) is 1. The van der Waals surface area contributed by atoms with E-state index >= 15 is 0 Å². The van der Waals surface area contributed by atoms with Gasteiger partial charge in [0, 0.05) is 6.04 Å². The second-order valence-electron chi connectivity index (χ2n) is 3.46. The molecule has 0 aliphatic carbocycles. The van der Waals surface area contributed by atoms with Gasteiger partial charge in [-0.25, -0.2) is 0 Å². The molecule has 0 rings (SSSR count). The summed E-state index contributed by atoms with van der Waals surface area (Å²) in [5.74, 6) is 6.71. The molecular weight excluding hydrogens is 146 g/mol. The molecule has 1 heteroatoms. The van der Waals surface area contributed by atoms with Crippen LogP contribution < -0.4 is 5.32 Å². The molecule has 1 nitrogen and oxygen atoms in total. The second kappa shape index (κ2) is 7.18. The summed E-state index contributed by atoms with van der Waals surface area (Å²) in [6.07, 6.45) is 2.52. The third-order valence-corrected chi connectivity index (χ3v) is 2.17. The van der Waals surface area contributed by atoms with Crippen LogP contribution in [0, 0.1) is 17.8 Å². The van der Waals surface area contributed by atoms with E-state index in [1.165, 1.54) is 12.8 Å². The Bertz CT molecular complexity index is 152. The molecule has 1 N–H and O–H groups in total. The van der Waals surface area contributed by atoms with Crippen molar-refractivity contribution in [2.24, 2.45) is 5.92 Å². The van der Waals surface area contributed by atoms with E-state index in [1.807, 2.05) is 6.92 Å². The Morgan fingerprint density at radius 3 is 2.50 bits per heavy atom. The Morgan fingerprint density at radius 2 is 2.00 bits per heavy atom. The third kappa shape index (κ3) is 6.24. The van der Waals surface area contributed by atoms with Crippen LogP contribution in [0.5, 0.6) is 0 Å². The van der Waals surface area contributed by atoms with Crippen molar-refractivity contribution in [3.63, 3.8) is 0 Å². The smallest absolute Gasteiger partial charge is 0.0578 e. The zero-order valence-corrected chi connectivity index (χ0v) is 8.78. The van der Waals surface area contributed by atoms with Crippen LogP contribution in [0.1, 0.15) is 40.5 Å². The Labute approximate surface area is 76.9 Å². The molecule has 0 heterocycles. The molecule has 0 spiro atoms. The van der Waals surface area contributed by atoms with Gasteiger partial charge in [0.2, 0.25) is 0 Å². The summed E-state index contributed by atoms with van der Waals surface area (Å²) >= 11 is 0. The Hall–Kier alpha value is -0.480. The minimum absolute atomic E-state index is 0.598.